The molecule has 1 saturated carbocycles. The number of rotatable bonds is 7. The molecule has 1 unspecified atom stereocenters. The maximum atomic E-state index is 12.6. The molecule has 1 saturated heterocycles. The Bertz CT molecular complexity index is 916. The molecule has 172 valence electrons. The molecule has 1 aliphatic heterocycles. The van der Waals surface area contributed by atoms with Crippen molar-refractivity contribution in [3.63, 3.8) is 0 Å². The van der Waals surface area contributed by atoms with Crippen molar-refractivity contribution >= 4 is 5.91 Å². The van der Waals surface area contributed by atoms with Crippen LogP contribution in [-0.2, 0) is 17.8 Å². The van der Waals surface area contributed by atoms with Gasteiger partial charge in [0, 0.05) is 42.0 Å². The van der Waals surface area contributed by atoms with Gasteiger partial charge in [0.25, 0.3) is 0 Å². The van der Waals surface area contributed by atoms with E-state index in [1.165, 1.54) is 24.8 Å². The number of aryl methyl sites for hydroxylation is 2. The summed E-state index contributed by atoms with van der Waals surface area (Å²) in [5.41, 5.74) is 4.13. The van der Waals surface area contributed by atoms with Crippen molar-refractivity contribution in [1.29, 1.82) is 0 Å². The fourth-order valence-electron chi connectivity index (χ4n) is 5.11. The van der Waals surface area contributed by atoms with E-state index in [0.717, 1.165) is 67.4 Å². The first kappa shape index (κ1) is 22.7. The van der Waals surface area contributed by atoms with Crippen LogP contribution in [0.4, 0.5) is 0 Å². The van der Waals surface area contributed by atoms with Crippen LogP contribution in [-0.4, -0.2) is 47.0 Å². The summed E-state index contributed by atoms with van der Waals surface area (Å²) in [6, 6.07) is 8.61. The van der Waals surface area contributed by atoms with Gasteiger partial charge in [0.15, 0.2) is 0 Å². The number of hydrogen-bond acceptors (Lipinski definition) is 5. The first-order valence-electron chi connectivity index (χ1n) is 12.0. The molecular weight excluding hydrogens is 400 g/mol. The number of benzene rings is 1. The first-order valence-corrected chi connectivity index (χ1v) is 12.0. The van der Waals surface area contributed by atoms with Gasteiger partial charge in [-0.2, -0.15) is 0 Å². The minimum absolute atomic E-state index is 0.102. The number of likely N-dealkylation sites (tertiary alicyclic amines) is 1. The largest absolute Gasteiger partial charge is 0.497 e. The van der Waals surface area contributed by atoms with Crippen molar-refractivity contribution in [2.45, 2.75) is 77.3 Å². The van der Waals surface area contributed by atoms with Gasteiger partial charge < -0.3 is 10.1 Å². The van der Waals surface area contributed by atoms with Crippen LogP contribution in [0, 0.1) is 13.8 Å². The SMILES string of the molecule is COc1cccc(CN2CCC(c3nc(C)c(CC(=O)NC4CCCCC4)c(C)n3)C2)c1. The van der Waals surface area contributed by atoms with E-state index in [2.05, 4.69) is 22.3 Å². The van der Waals surface area contributed by atoms with E-state index in [0.29, 0.717) is 18.4 Å². The second kappa shape index (κ2) is 10.4. The van der Waals surface area contributed by atoms with Gasteiger partial charge in [-0.05, 0) is 57.4 Å². The Morgan fingerprint density at radius 3 is 2.59 bits per heavy atom. The van der Waals surface area contributed by atoms with Gasteiger partial charge >= 0.3 is 0 Å². The number of nitrogens with zero attached hydrogens (tertiary/aromatic N) is 3. The highest BCUT2D eigenvalue weighted by Gasteiger charge is 2.27. The number of methoxy groups -OCH3 is 1. The Labute approximate surface area is 191 Å². The standard InChI is InChI=1S/C26H36N4O2/c1-18-24(15-25(31)29-22-9-5-4-6-10-22)19(2)28-26(27-18)21-12-13-30(17-21)16-20-8-7-11-23(14-20)32-3/h7-8,11,14,21-22H,4-6,9-10,12-13,15-17H2,1-3H3,(H,29,31). The summed E-state index contributed by atoms with van der Waals surface area (Å²) in [4.78, 5) is 24.8. The van der Waals surface area contributed by atoms with Crippen LogP contribution in [0.1, 0.15) is 72.8 Å². The van der Waals surface area contributed by atoms with Crippen molar-refractivity contribution in [2.75, 3.05) is 20.2 Å². The Balaban J connectivity index is 1.36. The third-order valence-electron chi connectivity index (χ3n) is 6.92. The Morgan fingerprint density at radius 2 is 1.88 bits per heavy atom. The second-order valence-electron chi connectivity index (χ2n) is 9.38. The molecule has 2 aliphatic rings. The highest BCUT2D eigenvalue weighted by molar-refractivity contribution is 5.79. The summed E-state index contributed by atoms with van der Waals surface area (Å²) in [5, 5.41) is 3.22. The van der Waals surface area contributed by atoms with E-state index in [1.54, 1.807) is 7.11 Å². The number of ether oxygens (including phenoxy) is 1. The zero-order valence-electron chi connectivity index (χ0n) is 19.7. The monoisotopic (exact) mass is 436 g/mol. The molecule has 0 radical (unpaired) electrons. The highest BCUT2D eigenvalue weighted by Crippen LogP contribution is 2.28. The van der Waals surface area contributed by atoms with E-state index in [4.69, 9.17) is 14.7 Å². The number of hydrogen-bond donors (Lipinski definition) is 1. The molecule has 1 aromatic heterocycles. The molecule has 1 aromatic carbocycles. The van der Waals surface area contributed by atoms with Gasteiger partial charge in [0.2, 0.25) is 5.91 Å². The predicted molar refractivity (Wildman–Crippen MR) is 126 cm³/mol. The molecule has 0 spiro atoms. The van der Waals surface area contributed by atoms with Crippen LogP contribution >= 0.6 is 0 Å². The lowest BCUT2D eigenvalue weighted by Gasteiger charge is -2.23. The maximum Gasteiger partial charge on any atom is 0.224 e. The zero-order chi connectivity index (χ0) is 22.5. The van der Waals surface area contributed by atoms with E-state index in [1.807, 2.05) is 26.0 Å². The fraction of sp³-hybridized carbons (Fsp3) is 0.577. The normalized spacial score (nSPS) is 19.8. The molecule has 6 nitrogen and oxygen atoms in total. The Kier molecular flexibility index (Phi) is 7.40. The maximum absolute atomic E-state index is 12.6. The third kappa shape index (κ3) is 5.66. The van der Waals surface area contributed by atoms with E-state index < -0.39 is 0 Å². The minimum Gasteiger partial charge on any atom is -0.497 e. The molecule has 1 N–H and O–H groups in total. The summed E-state index contributed by atoms with van der Waals surface area (Å²) in [7, 11) is 1.70. The zero-order valence-corrected chi connectivity index (χ0v) is 19.7. The van der Waals surface area contributed by atoms with Crippen LogP contribution in [0.3, 0.4) is 0 Å². The summed E-state index contributed by atoms with van der Waals surface area (Å²) in [6.07, 6.45) is 7.37. The molecule has 1 atom stereocenters. The summed E-state index contributed by atoms with van der Waals surface area (Å²) >= 11 is 0. The van der Waals surface area contributed by atoms with E-state index in [-0.39, 0.29) is 5.91 Å². The molecule has 1 amide bonds. The topological polar surface area (TPSA) is 67.3 Å². The molecular formula is C26H36N4O2. The summed E-state index contributed by atoms with van der Waals surface area (Å²) < 4.78 is 5.35. The van der Waals surface area contributed by atoms with Crippen molar-refractivity contribution in [2.24, 2.45) is 0 Å². The molecule has 2 fully saturated rings. The number of nitrogens with one attached hydrogen (secondary N) is 1. The minimum atomic E-state index is 0.102. The molecule has 1 aliphatic carbocycles. The Morgan fingerprint density at radius 1 is 1.12 bits per heavy atom. The quantitative estimate of drug-likeness (QED) is 0.708. The highest BCUT2D eigenvalue weighted by atomic mass is 16.5. The van der Waals surface area contributed by atoms with Crippen molar-refractivity contribution in [3.8, 4) is 5.75 Å². The predicted octanol–water partition coefficient (Wildman–Crippen LogP) is 4.08. The average Bonchev–Trinajstić information content (AvgIpc) is 3.25. The lowest BCUT2D eigenvalue weighted by Crippen LogP contribution is -2.37. The van der Waals surface area contributed by atoms with Crippen LogP contribution in [0.2, 0.25) is 0 Å². The lowest BCUT2D eigenvalue weighted by molar-refractivity contribution is -0.121. The van der Waals surface area contributed by atoms with E-state index >= 15 is 0 Å². The van der Waals surface area contributed by atoms with Crippen molar-refractivity contribution in [1.82, 2.24) is 20.2 Å². The fourth-order valence-corrected chi connectivity index (χ4v) is 5.11. The summed E-state index contributed by atoms with van der Waals surface area (Å²) in [5.74, 6) is 2.26. The molecule has 2 heterocycles. The number of carbonyl (C=O) groups excluding carboxylic acids is 1. The van der Waals surface area contributed by atoms with Gasteiger partial charge in [-0.15, -0.1) is 0 Å². The number of carbonyl (C=O) groups is 1. The molecule has 0 bridgehead atoms. The van der Waals surface area contributed by atoms with Crippen LogP contribution < -0.4 is 10.1 Å². The van der Waals surface area contributed by atoms with Crippen LogP contribution in [0.15, 0.2) is 24.3 Å². The van der Waals surface area contributed by atoms with Crippen LogP contribution in [0.25, 0.3) is 0 Å². The summed E-state index contributed by atoms with van der Waals surface area (Å²) in [6.45, 7) is 6.94. The second-order valence-corrected chi connectivity index (χ2v) is 9.38. The number of aromatic nitrogens is 2. The molecule has 32 heavy (non-hydrogen) atoms. The molecule has 2 aromatic rings. The third-order valence-corrected chi connectivity index (χ3v) is 6.92. The first-order chi connectivity index (χ1) is 15.5. The van der Waals surface area contributed by atoms with Crippen molar-refractivity contribution in [3.05, 3.63) is 52.6 Å². The van der Waals surface area contributed by atoms with E-state index in [9.17, 15) is 4.79 Å². The number of amides is 1. The van der Waals surface area contributed by atoms with Gasteiger partial charge in [-0.3, -0.25) is 9.69 Å². The Hall–Kier alpha value is -2.47. The van der Waals surface area contributed by atoms with Gasteiger partial charge in [0.05, 0.1) is 13.5 Å². The van der Waals surface area contributed by atoms with Gasteiger partial charge in [-0.25, -0.2) is 9.97 Å². The van der Waals surface area contributed by atoms with Crippen molar-refractivity contribution < 1.29 is 9.53 Å². The average molecular weight is 437 g/mol. The molecule has 6 heteroatoms. The smallest absolute Gasteiger partial charge is 0.224 e. The van der Waals surface area contributed by atoms with Crippen LogP contribution in [0.5, 0.6) is 5.75 Å². The van der Waals surface area contributed by atoms with Gasteiger partial charge in [0.1, 0.15) is 11.6 Å². The molecule has 4 rings (SSSR count). The van der Waals surface area contributed by atoms with Gasteiger partial charge in [-0.1, -0.05) is 31.4 Å². The lowest BCUT2D eigenvalue weighted by atomic mass is 9.95.